The predicted octanol–water partition coefficient (Wildman–Crippen LogP) is 1.64. The van der Waals surface area contributed by atoms with E-state index in [-0.39, 0.29) is 11.4 Å². The molecule has 1 amide bonds. The van der Waals surface area contributed by atoms with Gasteiger partial charge in [-0.25, -0.2) is 0 Å². The minimum atomic E-state index is -0.362. The van der Waals surface area contributed by atoms with Gasteiger partial charge in [-0.2, -0.15) is 5.26 Å². The number of piperidine rings is 1. The maximum atomic E-state index is 10.9. The highest BCUT2D eigenvalue weighted by molar-refractivity contribution is 5.73. The van der Waals surface area contributed by atoms with Gasteiger partial charge in [-0.05, 0) is 64.2 Å². The molecule has 1 rings (SSSR count). The van der Waals surface area contributed by atoms with Crippen molar-refractivity contribution in [3.05, 3.63) is 0 Å². The quantitative estimate of drug-likeness (QED) is 0.677. The summed E-state index contributed by atoms with van der Waals surface area (Å²) in [4.78, 5) is 13.4. The average molecular weight is 294 g/mol. The molecule has 1 unspecified atom stereocenters. The molecule has 5 nitrogen and oxygen atoms in total. The van der Waals surface area contributed by atoms with Crippen LogP contribution in [0.3, 0.4) is 0 Å². The topological polar surface area (TPSA) is 82.2 Å². The van der Waals surface area contributed by atoms with Crippen LogP contribution < -0.4 is 11.1 Å². The van der Waals surface area contributed by atoms with E-state index in [4.69, 9.17) is 5.73 Å². The van der Waals surface area contributed by atoms with Crippen LogP contribution in [-0.4, -0.2) is 42.5 Å². The normalized spacial score (nSPS) is 19.9. The van der Waals surface area contributed by atoms with E-state index in [9.17, 15) is 10.1 Å². The van der Waals surface area contributed by atoms with Crippen molar-refractivity contribution in [3.8, 4) is 6.07 Å². The summed E-state index contributed by atoms with van der Waals surface area (Å²) in [5.74, 6) is 0.287. The number of hydrogen-bond donors (Lipinski definition) is 2. The first-order valence-electron chi connectivity index (χ1n) is 8.22. The van der Waals surface area contributed by atoms with Crippen LogP contribution in [0.5, 0.6) is 0 Å². The van der Waals surface area contributed by atoms with Crippen molar-refractivity contribution < 1.29 is 4.79 Å². The molecule has 0 aliphatic carbocycles. The van der Waals surface area contributed by atoms with Gasteiger partial charge < -0.3 is 10.6 Å². The number of nitrogens with zero attached hydrogens (tertiary/aromatic N) is 2. The van der Waals surface area contributed by atoms with Crippen molar-refractivity contribution in [2.24, 2.45) is 11.7 Å². The molecule has 0 aromatic heterocycles. The van der Waals surface area contributed by atoms with E-state index in [1.54, 1.807) is 0 Å². The maximum Gasteiger partial charge on any atom is 0.217 e. The Morgan fingerprint density at radius 3 is 2.57 bits per heavy atom. The van der Waals surface area contributed by atoms with E-state index in [1.807, 2.05) is 6.92 Å². The number of carbonyl (C=O) groups is 1. The van der Waals surface area contributed by atoms with Crippen molar-refractivity contribution in [3.63, 3.8) is 0 Å². The third-order valence-electron chi connectivity index (χ3n) is 4.61. The molecule has 120 valence electrons. The molecule has 1 aliphatic rings. The smallest absolute Gasteiger partial charge is 0.217 e. The fourth-order valence-electron chi connectivity index (χ4n) is 3.21. The average Bonchev–Trinajstić information content (AvgIpc) is 2.47. The van der Waals surface area contributed by atoms with Gasteiger partial charge in [-0.3, -0.25) is 10.1 Å². The summed E-state index contributed by atoms with van der Waals surface area (Å²) in [7, 11) is 0. The fourth-order valence-corrected chi connectivity index (χ4v) is 3.21. The largest absolute Gasteiger partial charge is 0.370 e. The number of hydrogen-bond acceptors (Lipinski definition) is 4. The maximum absolute atomic E-state index is 10.9. The zero-order chi connectivity index (χ0) is 15.7. The molecule has 1 heterocycles. The summed E-state index contributed by atoms with van der Waals surface area (Å²) in [5.41, 5.74) is 4.89. The third kappa shape index (κ3) is 6.03. The second-order valence-electron chi connectivity index (χ2n) is 6.14. The number of nitrogens with one attached hydrogen (secondary N) is 1. The van der Waals surface area contributed by atoms with Gasteiger partial charge in [0, 0.05) is 6.42 Å². The highest BCUT2D eigenvalue weighted by Gasteiger charge is 2.27. The number of carbonyl (C=O) groups excluding carboxylic acids is 1. The van der Waals surface area contributed by atoms with E-state index < -0.39 is 0 Å². The Hall–Kier alpha value is -1.12. The zero-order valence-electron chi connectivity index (χ0n) is 13.5. The Morgan fingerprint density at radius 1 is 1.43 bits per heavy atom. The Labute approximate surface area is 128 Å². The number of nitrogens with two attached hydrogens (primary N) is 1. The van der Waals surface area contributed by atoms with Crippen LogP contribution in [0.2, 0.25) is 0 Å². The third-order valence-corrected chi connectivity index (χ3v) is 4.61. The van der Waals surface area contributed by atoms with Crippen molar-refractivity contribution in [2.45, 2.75) is 57.9 Å². The molecule has 0 bridgehead atoms. The standard InChI is InChI=1S/C16H30N4O/c1-3-16(13-17,19-4-2)8-5-9-20-10-6-14(7-11-20)12-15(18)21/h14,19H,3-12H2,1-2H3,(H2,18,21). The van der Waals surface area contributed by atoms with E-state index in [2.05, 4.69) is 23.2 Å². The first kappa shape index (κ1) is 17.9. The Balaban J connectivity index is 2.28. The summed E-state index contributed by atoms with van der Waals surface area (Å²) in [6.45, 7) is 8.08. The monoisotopic (exact) mass is 294 g/mol. The van der Waals surface area contributed by atoms with Crippen LogP contribution >= 0.6 is 0 Å². The van der Waals surface area contributed by atoms with Gasteiger partial charge in [-0.1, -0.05) is 13.8 Å². The van der Waals surface area contributed by atoms with Crippen LogP contribution in [-0.2, 0) is 4.79 Å². The molecule has 0 saturated carbocycles. The second-order valence-corrected chi connectivity index (χ2v) is 6.14. The van der Waals surface area contributed by atoms with Gasteiger partial charge in [0.1, 0.15) is 5.54 Å². The van der Waals surface area contributed by atoms with E-state index >= 15 is 0 Å². The van der Waals surface area contributed by atoms with Crippen molar-refractivity contribution in [1.82, 2.24) is 10.2 Å². The lowest BCUT2D eigenvalue weighted by atomic mass is 9.90. The van der Waals surface area contributed by atoms with Crippen LogP contribution in [0.25, 0.3) is 0 Å². The van der Waals surface area contributed by atoms with Crippen LogP contribution in [0.15, 0.2) is 0 Å². The van der Waals surface area contributed by atoms with Crippen molar-refractivity contribution in [2.75, 3.05) is 26.2 Å². The summed E-state index contributed by atoms with van der Waals surface area (Å²) in [6.07, 6.45) is 5.43. The Morgan fingerprint density at radius 2 is 2.10 bits per heavy atom. The lowest BCUT2D eigenvalue weighted by Crippen LogP contribution is -2.44. The summed E-state index contributed by atoms with van der Waals surface area (Å²) >= 11 is 0. The SMILES string of the molecule is CCNC(C#N)(CC)CCCN1CCC(CC(N)=O)CC1. The second kappa shape index (κ2) is 9.01. The van der Waals surface area contributed by atoms with Gasteiger partial charge in [0.15, 0.2) is 0 Å². The first-order chi connectivity index (χ1) is 10.0. The van der Waals surface area contributed by atoms with E-state index in [0.717, 1.165) is 58.3 Å². The molecule has 3 N–H and O–H groups in total. The summed E-state index contributed by atoms with van der Waals surface area (Å²) in [5, 5.41) is 12.7. The molecular formula is C16H30N4O. The van der Waals surface area contributed by atoms with Gasteiger partial charge in [0.25, 0.3) is 0 Å². The highest BCUT2D eigenvalue weighted by Crippen LogP contribution is 2.22. The van der Waals surface area contributed by atoms with Gasteiger partial charge in [-0.15, -0.1) is 0 Å². The number of rotatable bonds is 9. The molecule has 0 radical (unpaired) electrons. The van der Waals surface area contributed by atoms with Crippen LogP contribution in [0, 0.1) is 17.2 Å². The molecule has 0 aromatic carbocycles. The first-order valence-corrected chi connectivity index (χ1v) is 8.22. The Bertz CT molecular complexity index is 358. The van der Waals surface area contributed by atoms with Crippen LogP contribution in [0.1, 0.15) is 52.4 Å². The molecule has 1 saturated heterocycles. The zero-order valence-corrected chi connectivity index (χ0v) is 13.5. The molecule has 21 heavy (non-hydrogen) atoms. The minimum Gasteiger partial charge on any atom is -0.370 e. The Kier molecular flexibility index (Phi) is 7.69. The lowest BCUT2D eigenvalue weighted by molar-refractivity contribution is -0.119. The van der Waals surface area contributed by atoms with Gasteiger partial charge in [0.2, 0.25) is 5.91 Å². The van der Waals surface area contributed by atoms with Crippen molar-refractivity contribution in [1.29, 1.82) is 5.26 Å². The molecule has 1 fully saturated rings. The number of amides is 1. The summed E-state index contributed by atoms with van der Waals surface area (Å²) in [6, 6.07) is 2.45. The molecule has 5 heteroatoms. The highest BCUT2D eigenvalue weighted by atomic mass is 16.1. The van der Waals surface area contributed by atoms with Gasteiger partial charge in [0.05, 0.1) is 6.07 Å². The molecule has 0 aromatic rings. The molecular weight excluding hydrogens is 264 g/mol. The molecule has 1 aliphatic heterocycles. The van der Waals surface area contributed by atoms with E-state index in [0.29, 0.717) is 12.3 Å². The van der Waals surface area contributed by atoms with E-state index in [1.165, 1.54) is 0 Å². The van der Waals surface area contributed by atoms with Crippen LogP contribution in [0.4, 0.5) is 0 Å². The minimum absolute atomic E-state index is 0.180. The predicted molar refractivity (Wildman–Crippen MR) is 84.5 cm³/mol. The molecule has 1 atom stereocenters. The fraction of sp³-hybridized carbons (Fsp3) is 0.875. The summed E-state index contributed by atoms with van der Waals surface area (Å²) < 4.78 is 0. The van der Waals surface area contributed by atoms with Gasteiger partial charge >= 0.3 is 0 Å². The number of nitriles is 1. The number of primary amides is 1. The number of likely N-dealkylation sites (tertiary alicyclic amines) is 1. The molecule has 0 spiro atoms. The van der Waals surface area contributed by atoms with Crippen molar-refractivity contribution >= 4 is 5.91 Å². The lowest BCUT2D eigenvalue weighted by Gasteiger charge is -2.32.